The predicted molar refractivity (Wildman–Crippen MR) is 105 cm³/mol. The molecule has 2 heterocycles. The van der Waals surface area contributed by atoms with Crippen LogP contribution in [0.25, 0.3) is 23.0 Å². The first-order valence-corrected chi connectivity index (χ1v) is 9.11. The van der Waals surface area contributed by atoms with E-state index in [0.717, 1.165) is 16.7 Å². The number of hydrogen-bond acceptors (Lipinski definition) is 7. The molecule has 2 aromatic heterocycles. The number of phenols is 1. The second kappa shape index (κ2) is 7.75. The molecule has 28 heavy (non-hydrogen) atoms. The summed E-state index contributed by atoms with van der Waals surface area (Å²) in [6, 6.07) is 5.34. The van der Waals surface area contributed by atoms with E-state index in [9.17, 15) is 9.90 Å². The van der Waals surface area contributed by atoms with Crippen molar-refractivity contribution in [2.75, 3.05) is 5.32 Å². The first-order valence-electron chi connectivity index (χ1n) is 9.11. The molecule has 0 bridgehead atoms. The molecule has 0 aliphatic carbocycles. The van der Waals surface area contributed by atoms with E-state index in [0.29, 0.717) is 23.7 Å². The Morgan fingerprint density at radius 1 is 1.14 bits per heavy atom. The third-order valence-electron chi connectivity index (χ3n) is 4.26. The Morgan fingerprint density at radius 2 is 1.86 bits per heavy atom. The van der Waals surface area contributed by atoms with Crippen LogP contribution >= 0.6 is 0 Å². The molecule has 8 heteroatoms. The minimum absolute atomic E-state index is 0.172. The lowest BCUT2D eigenvalue weighted by molar-refractivity contribution is -0.118. The molecule has 0 unspecified atom stereocenters. The highest BCUT2D eigenvalue weighted by Gasteiger charge is 2.17. The Balaban J connectivity index is 1.95. The lowest BCUT2D eigenvalue weighted by atomic mass is 10.0. The van der Waals surface area contributed by atoms with E-state index < -0.39 is 0 Å². The largest absolute Gasteiger partial charge is 0.507 e. The smallest absolute Gasteiger partial charge is 0.266 e. The highest BCUT2D eigenvalue weighted by molar-refractivity contribution is 5.90. The maximum Gasteiger partial charge on any atom is 0.266 e. The number of aryl methyl sites for hydroxylation is 3. The highest BCUT2D eigenvalue weighted by atomic mass is 16.4. The minimum Gasteiger partial charge on any atom is -0.507 e. The van der Waals surface area contributed by atoms with Crippen molar-refractivity contribution in [3.05, 3.63) is 35.0 Å². The molecule has 8 nitrogen and oxygen atoms in total. The molecular formula is C20H23N5O3. The molecule has 3 aromatic rings. The molecule has 0 fully saturated rings. The van der Waals surface area contributed by atoms with Crippen LogP contribution in [0.2, 0.25) is 0 Å². The van der Waals surface area contributed by atoms with E-state index in [-0.39, 0.29) is 29.4 Å². The number of anilines is 1. The number of phenolic OH excluding ortho intramolecular Hbond substituents is 1. The second-order valence-corrected chi connectivity index (χ2v) is 6.93. The summed E-state index contributed by atoms with van der Waals surface area (Å²) in [5.41, 5.74) is 3.37. The molecule has 0 aliphatic rings. The fourth-order valence-corrected chi connectivity index (χ4v) is 2.68. The van der Waals surface area contributed by atoms with Crippen LogP contribution in [0.4, 0.5) is 5.95 Å². The Kier molecular flexibility index (Phi) is 5.39. The first kappa shape index (κ1) is 19.5. The van der Waals surface area contributed by atoms with E-state index in [4.69, 9.17) is 4.42 Å². The molecular weight excluding hydrogens is 358 g/mol. The third-order valence-corrected chi connectivity index (χ3v) is 4.26. The van der Waals surface area contributed by atoms with Crippen molar-refractivity contribution >= 4 is 11.9 Å². The van der Waals surface area contributed by atoms with Crippen molar-refractivity contribution in [3.63, 3.8) is 0 Å². The molecule has 0 saturated carbocycles. The standard InChI is InChI=1S/C20H23N5O3/c1-6-13-9-14(7-11(4)16(13)26)18-24-25-19(28-18)15-8-12(5)21-20(22-15)23-17(27)10(2)3/h7-10,26H,6H2,1-5H3,(H,21,22,23,27). The van der Waals surface area contributed by atoms with Crippen LogP contribution in [0.1, 0.15) is 37.6 Å². The fraction of sp³-hybridized carbons (Fsp3) is 0.350. The number of carbonyl (C=O) groups is 1. The van der Waals surface area contributed by atoms with Crippen molar-refractivity contribution in [3.8, 4) is 28.8 Å². The van der Waals surface area contributed by atoms with Gasteiger partial charge in [0.2, 0.25) is 17.7 Å². The van der Waals surface area contributed by atoms with Crippen molar-refractivity contribution in [2.24, 2.45) is 5.92 Å². The molecule has 0 spiro atoms. The Bertz CT molecular complexity index is 1030. The minimum atomic E-state index is -0.187. The van der Waals surface area contributed by atoms with E-state index in [1.807, 2.05) is 19.9 Å². The summed E-state index contributed by atoms with van der Waals surface area (Å²) in [6.07, 6.45) is 0.686. The van der Waals surface area contributed by atoms with Crippen LogP contribution in [-0.4, -0.2) is 31.2 Å². The summed E-state index contributed by atoms with van der Waals surface area (Å²) in [5, 5.41) is 21.0. The van der Waals surface area contributed by atoms with Gasteiger partial charge in [0.1, 0.15) is 11.4 Å². The van der Waals surface area contributed by atoms with Gasteiger partial charge >= 0.3 is 0 Å². The summed E-state index contributed by atoms with van der Waals surface area (Å²) in [7, 11) is 0. The summed E-state index contributed by atoms with van der Waals surface area (Å²) >= 11 is 0. The Labute approximate surface area is 163 Å². The van der Waals surface area contributed by atoms with Crippen LogP contribution in [0, 0.1) is 19.8 Å². The van der Waals surface area contributed by atoms with E-state index in [1.165, 1.54) is 0 Å². The van der Waals surface area contributed by atoms with E-state index in [2.05, 4.69) is 25.5 Å². The maximum atomic E-state index is 11.9. The van der Waals surface area contributed by atoms with Gasteiger partial charge in [-0.05, 0) is 49.6 Å². The van der Waals surface area contributed by atoms with Gasteiger partial charge in [-0.2, -0.15) is 0 Å². The molecule has 2 N–H and O–H groups in total. The van der Waals surface area contributed by atoms with Gasteiger partial charge in [-0.1, -0.05) is 20.8 Å². The molecule has 1 amide bonds. The molecule has 146 valence electrons. The summed E-state index contributed by atoms with van der Waals surface area (Å²) in [6.45, 7) is 9.17. The van der Waals surface area contributed by atoms with Gasteiger partial charge in [0.15, 0.2) is 0 Å². The van der Waals surface area contributed by atoms with Gasteiger partial charge in [-0.3, -0.25) is 10.1 Å². The van der Waals surface area contributed by atoms with Crippen molar-refractivity contribution in [1.29, 1.82) is 0 Å². The first-order chi connectivity index (χ1) is 13.3. The average molecular weight is 381 g/mol. The number of nitrogens with one attached hydrogen (secondary N) is 1. The summed E-state index contributed by atoms with van der Waals surface area (Å²) in [4.78, 5) is 20.5. The van der Waals surface area contributed by atoms with Crippen LogP contribution < -0.4 is 5.32 Å². The number of benzene rings is 1. The van der Waals surface area contributed by atoms with Crippen LogP contribution in [0.3, 0.4) is 0 Å². The zero-order chi connectivity index (χ0) is 20.4. The predicted octanol–water partition coefficient (Wildman–Crippen LogP) is 3.67. The van der Waals surface area contributed by atoms with Gasteiger partial charge in [-0.25, -0.2) is 9.97 Å². The lowest BCUT2D eigenvalue weighted by Gasteiger charge is -2.08. The third kappa shape index (κ3) is 4.00. The number of carbonyl (C=O) groups excluding carboxylic acids is 1. The van der Waals surface area contributed by atoms with Crippen molar-refractivity contribution < 1.29 is 14.3 Å². The van der Waals surface area contributed by atoms with Gasteiger partial charge in [0.25, 0.3) is 5.89 Å². The monoisotopic (exact) mass is 381 g/mol. The molecule has 0 saturated heterocycles. The fourth-order valence-electron chi connectivity index (χ4n) is 2.68. The molecule has 1 aromatic carbocycles. The van der Waals surface area contributed by atoms with Gasteiger partial charge < -0.3 is 9.52 Å². The maximum absolute atomic E-state index is 11.9. The lowest BCUT2D eigenvalue weighted by Crippen LogP contribution is -2.19. The zero-order valence-electron chi connectivity index (χ0n) is 16.6. The van der Waals surface area contributed by atoms with Crippen molar-refractivity contribution in [2.45, 2.75) is 41.0 Å². The topological polar surface area (TPSA) is 114 Å². The normalized spacial score (nSPS) is 11.1. The quantitative estimate of drug-likeness (QED) is 0.693. The highest BCUT2D eigenvalue weighted by Crippen LogP contribution is 2.30. The second-order valence-electron chi connectivity index (χ2n) is 6.93. The number of rotatable bonds is 5. The molecule has 0 radical (unpaired) electrons. The zero-order valence-corrected chi connectivity index (χ0v) is 16.6. The average Bonchev–Trinajstić information content (AvgIpc) is 3.13. The summed E-state index contributed by atoms with van der Waals surface area (Å²) in [5.74, 6) is 0.675. The Morgan fingerprint density at radius 3 is 2.54 bits per heavy atom. The number of aromatic hydroxyl groups is 1. The Hall–Kier alpha value is -3.29. The van der Waals surface area contributed by atoms with E-state index in [1.54, 1.807) is 32.9 Å². The number of nitrogens with zero attached hydrogens (tertiary/aromatic N) is 4. The molecule has 0 atom stereocenters. The van der Waals surface area contributed by atoms with Crippen LogP contribution in [0.15, 0.2) is 22.6 Å². The van der Waals surface area contributed by atoms with Crippen LogP contribution in [-0.2, 0) is 11.2 Å². The molecule has 3 rings (SSSR count). The van der Waals surface area contributed by atoms with Crippen LogP contribution in [0.5, 0.6) is 5.75 Å². The van der Waals surface area contributed by atoms with Gasteiger partial charge in [0, 0.05) is 17.2 Å². The molecule has 0 aliphatic heterocycles. The van der Waals surface area contributed by atoms with Gasteiger partial charge in [-0.15, -0.1) is 10.2 Å². The number of hydrogen-bond donors (Lipinski definition) is 2. The van der Waals surface area contributed by atoms with Crippen molar-refractivity contribution in [1.82, 2.24) is 20.2 Å². The van der Waals surface area contributed by atoms with E-state index >= 15 is 0 Å². The van der Waals surface area contributed by atoms with Gasteiger partial charge in [0.05, 0.1) is 0 Å². The number of aromatic nitrogens is 4. The number of amides is 1. The summed E-state index contributed by atoms with van der Waals surface area (Å²) < 4.78 is 5.81. The SMILES string of the molecule is CCc1cc(-c2nnc(-c3cc(C)nc(NC(=O)C(C)C)n3)o2)cc(C)c1O.